The molecule has 0 spiro atoms. The van der Waals surface area contributed by atoms with E-state index in [2.05, 4.69) is 19.9 Å². The van der Waals surface area contributed by atoms with Crippen LogP contribution < -0.4 is 0 Å². The smallest absolute Gasteiger partial charge is 0.227 e. The molecule has 1 fully saturated rings. The average molecular weight is 336 g/mol. The molecule has 0 aliphatic carbocycles. The van der Waals surface area contributed by atoms with E-state index in [0.717, 1.165) is 69.3 Å². The summed E-state index contributed by atoms with van der Waals surface area (Å²) in [5.41, 5.74) is 0. The van der Waals surface area contributed by atoms with Gasteiger partial charge in [-0.25, -0.2) is 0 Å². The second-order valence-corrected chi connectivity index (χ2v) is 6.80. The van der Waals surface area contributed by atoms with Crippen molar-refractivity contribution in [3.63, 3.8) is 0 Å². The van der Waals surface area contributed by atoms with Gasteiger partial charge in [-0.05, 0) is 30.8 Å². The number of aliphatic hydroxyl groups excluding tert-OH is 1. The van der Waals surface area contributed by atoms with Crippen LogP contribution in [0.3, 0.4) is 0 Å². The second kappa shape index (κ2) is 8.54. The highest BCUT2D eigenvalue weighted by molar-refractivity contribution is 7.13. The van der Waals surface area contributed by atoms with Crippen molar-refractivity contribution >= 4 is 11.3 Å². The lowest BCUT2D eigenvalue weighted by Gasteiger charge is -2.34. The fourth-order valence-electron chi connectivity index (χ4n) is 2.85. The van der Waals surface area contributed by atoms with Crippen LogP contribution in [-0.2, 0) is 6.42 Å². The third-order valence-electron chi connectivity index (χ3n) is 4.17. The summed E-state index contributed by atoms with van der Waals surface area (Å²) in [6.45, 7) is 6.79. The molecule has 126 valence electrons. The summed E-state index contributed by atoms with van der Waals surface area (Å²) >= 11 is 1.63. The number of rotatable bonds is 8. The zero-order valence-electron chi connectivity index (χ0n) is 13.4. The topological polar surface area (TPSA) is 65.6 Å². The maximum atomic E-state index is 8.88. The van der Waals surface area contributed by atoms with Crippen LogP contribution in [0.25, 0.3) is 10.7 Å². The van der Waals surface area contributed by atoms with Crippen molar-refractivity contribution in [1.82, 2.24) is 19.9 Å². The van der Waals surface area contributed by atoms with Crippen molar-refractivity contribution in [3.8, 4) is 10.7 Å². The lowest BCUT2D eigenvalue weighted by molar-refractivity contribution is 0.123. The van der Waals surface area contributed by atoms with E-state index in [-0.39, 0.29) is 6.61 Å². The first kappa shape index (κ1) is 16.6. The van der Waals surface area contributed by atoms with E-state index < -0.39 is 0 Å². The van der Waals surface area contributed by atoms with Crippen molar-refractivity contribution < 1.29 is 9.63 Å². The van der Waals surface area contributed by atoms with Crippen molar-refractivity contribution in [2.75, 3.05) is 45.9 Å². The van der Waals surface area contributed by atoms with Gasteiger partial charge in [-0.3, -0.25) is 0 Å². The summed E-state index contributed by atoms with van der Waals surface area (Å²) in [7, 11) is 0. The molecule has 1 N–H and O–H groups in total. The first-order valence-electron chi connectivity index (χ1n) is 8.27. The summed E-state index contributed by atoms with van der Waals surface area (Å²) in [5.74, 6) is 1.43. The highest BCUT2D eigenvalue weighted by atomic mass is 32.1. The van der Waals surface area contributed by atoms with E-state index in [1.54, 1.807) is 11.3 Å². The van der Waals surface area contributed by atoms with Crippen molar-refractivity contribution in [2.45, 2.75) is 19.3 Å². The minimum atomic E-state index is 0.290. The van der Waals surface area contributed by atoms with Crippen LogP contribution in [0.4, 0.5) is 0 Å². The Balaban J connectivity index is 1.36. The molecule has 2 aromatic heterocycles. The molecular weight excluding hydrogens is 312 g/mol. The Bertz CT molecular complexity index is 564. The molecule has 3 rings (SSSR count). The summed E-state index contributed by atoms with van der Waals surface area (Å²) in [5, 5.41) is 14.9. The van der Waals surface area contributed by atoms with Crippen LogP contribution in [0.15, 0.2) is 22.0 Å². The summed E-state index contributed by atoms with van der Waals surface area (Å²) < 4.78 is 5.33. The molecular formula is C16H24N4O2S. The molecule has 1 aliphatic heterocycles. The molecule has 1 saturated heterocycles. The van der Waals surface area contributed by atoms with Crippen LogP contribution >= 0.6 is 11.3 Å². The van der Waals surface area contributed by atoms with Crippen molar-refractivity contribution in [1.29, 1.82) is 0 Å². The Hall–Kier alpha value is -1.28. The van der Waals surface area contributed by atoms with Gasteiger partial charge in [-0.1, -0.05) is 11.2 Å². The summed E-state index contributed by atoms with van der Waals surface area (Å²) in [4.78, 5) is 10.4. The number of thiophene rings is 1. The molecule has 0 aromatic carbocycles. The van der Waals surface area contributed by atoms with Gasteiger partial charge in [-0.15, -0.1) is 11.3 Å². The molecule has 0 amide bonds. The molecule has 0 radical (unpaired) electrons. The van der Waals surface area contributed by atoms with Crippen LogP contribution in [-0.4, -0.2) is 70.9 Å². The highest BCUT2D eigenvalue weighted by Crippen LogP contribution is 2.21. The molecule has 6 nitrogen and oxygen atoms in total. The maximum Gasteiger partial charge on any atom is 0.227 e. The Morgan fingerprint density at radius 2 is 1.87 bits per heavy atom. The fourth-order valence-corrected chi connectivity index (χ4v) is 3.50. The fraction of sp³-hybridized carbons (Fsp3) is 0.625. The number of aromatic nitrogens is 2. The number of aryl methyl sites for hydroxylation is 1. The lowest BCUT2D eigenvalue weighted by Crippen LogP contribution is -2.46. The first-order valence-corrected chi connectivity index (χ1v) is 9.15. The van der Waals surface area contributed by atoms with Crippen LogP contribution in [0, 0.1) is 0 Å². The number of hydrogen-bond acceptors (Lipinski definition) is 7. The normalized spacial score (nSPS) is 16.9. The molecule has 1 aliphatic rings. The van der Waals surface area contributed by atoms with Gasteiger partial charge in [0.1, 0.15) is 0 Å². The summed E-state index contributed by atoms with van der Waals surface area (Å²) in [6.07, 6.45) is 2.76. The molecule has 0 unspecified atom stereocenters. The standard InChI is InChI=1S/C16H24N4O2S/c21-12-3-7-20-10-8-19(9-11-20)6-1-5-15-17-16(18-22-15)14-4-2-13-23-14/h2,4,13,21H,1,3,5-12H2. The van der Waals surface area contributed by atoms with E-state index in [9.17, 15) is 0 Å². The molecule has 3 heterocycles. The van der Waals surface area contributed by atoms with E-state index in [4.69, 9.17) is 9.63 Å². The molecule has 23 heavy (non-hydrogen) atoms. The van der Waals surface area contributed by atoms with Gasteiger partial charge in [0.2, 0.25) is 11.7 Å². The van der Waals surface area contributed by atoms with E-state index >= 15 is 0 Å². The molecule has 0 atom stereocenters. The molecule has 7 heteroatoms. The van der Waals surface area contributed by atoms with Gasteiger partial charge in [0.15, 0.2) is 0 Å². The summed E-state index contributed by atoms with van der Waals surface area (Å²) in [6, 6.07) is 4.01. The van der Waals surface area contributed by atoms with Gasteiger partial charge in [-0.2, -0.15) is 4.98 Å². The van der Waals surface area contributed by atoms with Crippen molar-refractivity contribution in [3.05, 3.63) is 23.4 Å². The SMILES string of the molecule is OCCCN1CCN(CCCc2nc(-c3cccs3)no2)CC1. The minimum absolute atomic E-state index is 0.290. The molecule has 0 bridgehead atoms. The first-order chi connectivity index (χ1) is 11.3. The van der Waals surface area contributed by atoms with Crippen LogP contribution in [0.2, 0.25) is 0 Å². The maximum absolute atomic E-state index is 8.88. The second-order valence-electron chi connectivity index (χ2n) is 5.85. The zero-order chi connectivity index (χ0) is 15.9. The van der Waals surface area contributed by atoms with Crippen LogP contribution in [0.1, 0.15) is 18.7 Å². The quantitative estimate of drug-likeness (QED) is 0.792. The Labute approximate surface area is 140 Å². The predicted octanol–water partition coefficient (Wildman–Crippen LogP) is 1.73. The van der Waals surface area contributed by atoms with Crippen molar-refractivity contribution in [2.24, 2.45) is 0 Å². The van der Waals surface area contributed by atoms with Gasteiger partial charge in [0.25, 0.3) is 0 Å². The Kier molecular flexibility index (Phi) is 6.15. The highest BCUT2D eigenvalue weighted by Gasteiger charge is 2.16. The Morgan fingerprint density at radius 1 is 1.13 bits per heavy atom. The number of nitrogens with zero attached hydrogens (tertiary/aromatic N) is 4. The van der Waals surface area contributed by atoms with Gasteiger partial charge in [0.05, 0.1) is 4.88 Å². The molecule has 0 saturated carbocycles. The third kappa shape index (κ3) is 4.84. The molecule has 2 aromatic rings. The predicted molar refractivity (Wildman–Crippen MR) is 90.5 cm³/mol. The van der Waals surface area contributed by atoms with Crippen LogP contribution in [0.5, 0.6) is 0 Å². The van der Waals surface area contributed by atoms with Gasteiger partial charge >= 0.3 is 0 Å². The van der Waals surface area contributed by atoms with E-state index in [1.807, 2.05) is 17.5 Å². The lowest BCUT2D eigenvalue weighted by atomic mass is 10.2. The zero-order valence-corrected chi connectivity index (χ0v) is 14.2. The van der Waals surface area contributed by atoms with Gasteiger partial charge < -0.3 is 19.4 Å². The van der Waals surface area contributed by atoms with E-state index in [1.165, 1.54) is 0 Å². The van der Waals surface area contributed by atoms with E-state index in [0.29, 0.717) is 5.82 Å². The Morgan fingerprint density at radius 3 is 2.52 bits per heavy atom. The third-order valence-corrected chi connectivity index (χ3v) is 5.04. The average Bonchev–Trinajstić information content (AvgIpc) is 3.25. The van der Waals surface area contributed by atoms with Gasteiger partial charge in [0, 0.05) is 45.8 Å². The largest absolute Gasteiger partial charge is 0.396 e. The number of aliphatic hydroxyl groups is 1. The minimum Gasteiger partial charge on any atom is -0.396 e. The monoisotopic (exact) mass is 336 g/mol. The number of piperazine rings is 1. The number of hydrogen-bond donors (Lipinski definition) is 1.